The van der Waals surface area contributed by atoms with E-state index in [1.165, 1.54) is 5.56 Å². The van der Waals surface area contributed by atoms with E-state index < -0.39 is 0 Å². The number of nitrogens with zero attached hydrogens (tertiary/aromatic N) is 2. The van der Waals surface area contributed by atoms with Gasteiger partial charge < -0.3 is 23.8 Å². The van der Waals surface area contributed by atoms with Crippen LogP contribution in [-0.2, 0) is 6.42 Å². The van der Waals surface area contributed by atoms with Gasteiger partial charge in [0.05, 0.1) is 13.7 Å². The van der Waals surface area contributed by atoms with Gasteiger partial charge in [0.1, 0.15) is 24.5 Å². The number of fused-ring (bicyclic) bond motifs is 2. The molecule has 32 heavy (non-hydrogen) atoms. The average Bonchev–Trinajstić information content (AvgIpc) is 2.86. The number of methoxy groups -OCH3 is 1. The van der Waals surface area contributed by atoms with Crippen molar-refractivity contribution in [3.63, 3.8) is 0 Å². The van der Waals surface area contributed by atoms with Gasteiger partial charge in [-0.25, -0.2) is 4.98 Å². The Bertz CT molecular complexity index is 1060. The van der Waals surface area contributed by atoms with Crippen LogP contribution in [0.5, 0.6) is 23.1 Å². The van der Waals surface area contributed by atoms with Crippen LogP contribution in [0.2, 0.25) is 0 Å². The second-order valence-corrected chi connectivity index (χ2v) is 8.51. The topological polar surface area (TPSA) is 53.1 Å². The summed E-state index contributed by atoms with van der Waals surface area (Å²) in [5.74, 6) is 3.76. The Morgan fingerprint density at radius 3 is 2.69 bits per heavy atom. The SMILES string of the molecule is COc1ccc2cccc(OCC3CCN(CCc4ccc5c(c4)OCCO5)CC3)c2n1. The van der Waals surface area contributed by atoms with Crippen molar-refractivity contribution in [2.75, 3.05) is 46.6 Å². The number of hydrogen-bond donors (Lipinski definition) is 0. The Morgan fingerprint density at radius 1 is 1.00 bits per heavy atom. The zero-order chi connectivity index (χ0) is 21.8. The first-order valence-electron chi connectivity index (χ1n) is 11.5. The molecule has 1 fully saturated rings. The number of hydrogen-bond acceptors (Lipinski definition) is 6. The number of rotatable bonds is 7. The van der Waals surface area contributed by atoms with Crippen LogP contribution in [0.25, 0.3) is 10.9 Å². The Morgan fingerprint density at radius 2 is 1.84 bits per heavy atom. The lowest BCUT2D eigenvalue weighted by atomic mass is 9.97. The molecule has 0 spiro atoms. The fourth-order valence-electron chi connectivity index (χ4n) is 4.45. The van der Waals surface area contributed by atoms with Crippen LogP contribution in [-0.4, -0.2) is 56.4 Å². The molecule has 1 saturated heterocycles. The highest BCUT2D eigenvalue weighted by molar-refractivity contribution is 5.84. The van der Waals surface area contributed by atoms with E-state index in [4.69, 9.17) is 18.9 Å². The summed E-state index contributed by atoms with van der Waals surface area (Å²) in [7, 11) is 1.64. The van der Waals surface area contributed by atoms with Gasteiger partial charge in [0, 0.05) is 18.0 Å². The molecule has 2 aliphatic heterocycles. The number of benzene rings is 2. The number of para-hydroxylation sites is 1. The van der Waals surface area contributed by atoms with Crippen molar-refractivity contribution in [2.45, 2.75) is 19.3 Å². The molecule has 0 bridgehead atoms. The maximum Gasteiger partial charge on any atom is 0.213 e. The summed E-state index contributed by atoms with van der Waals surface area (Å²) in [6.07, 6.45) is 3.34. The van der Waals surface area contributed by atoms with Crippen LogP contribution in [0, 0.1) is 5.92 Å². The third-order valence-corrected chi connectivity index (χ3v) is 6.37. The first-order chi connectivity index (χ1) is 15.8. The fraction of sp³-hybridized carbons (Fsp3) is 0.423. The van der Waals surface area contributed by atoms with Crippen LogP contribution in [0.4, 0.5) is 0 Å². The molecule has 168 valence electrons. The fourth-order valence-corrected chi connectivity index (χ4v) is 4.45. The third-order valence-electron chi connectivity index (χ3n) is 6.37. The van der Waals surface area contributed by atoms with E-state index in [2.05, 4.69) is 28.1 Å². The van der Waals surface area contributed by atoms with E-state index in [1.807, 2.05) is 30.3 Å². The minimum Gasteiger partial charge on any atom is -0.491 e. The summed E-state index contributed by atoms with van der Waals surface area (Å²) in [5.41, 5.74) is 2.17. The maximum absolute atomic E-state index is 6.21. The Hall–Kier alpha value is -2.99. The molecule has 2 aliphatic rings. The van der Waals surface area contributed by atoms with E-state index in [-0.39, 0.29) is 0 Å². The molecule has 0 saturated carbocycles. The van der Waals surface area contributed by atoms with Crippen LogP contribution in [0.1, 0.15) is 18.4 Å². The van der Waals surface area contributed by atoms with Crippen molar-refractivity contribution in [2.24, 2.45) is 5.92 Å². The molecule has 5 rings (SSSR count). The first-order valence-corrected chi connectivity index (χ1v) is 11.5. The van der Waals surface area contributed by atoms with Crippen molar-refractivity contribution >= 4 is 10.9 Å². The molecule has 0 unspecified atom stereocenters. The van der Waals surface area contributed by atoms with E-state index in [1.54, 1.807) is 7.11 Å². The lowest BCUT2D eigenvalue weighted by Gasteiger charge is -2.32. The molecular formula is C26H30N2O4. The summed E-state index contributed by atoms with van der Waals surface area (Å²) >= 11 is 0. The zero-order valence-corrected chi connectivity index (χ0v) is 18.6. The van der Waals surface area contributed by atoms with Crippen molar-refractivity contribution in [1.29, 1.82) is 0 Å². The quantitative estimate of drug-likeness (QED) is 0.551. The maximum atomic E-state index is 6.21. The summed E-state index contributed by atoms with van der Waals surface area (Å²) in [6.45, 7) is 5.29. The number of pyridine rings is 1. The molecule has 0 amide bonds. The molecule has 0 aliphatic carbocycles. The molecule has 3 aromatic rings. The van der Waals surface area contributed by atoms with Gasteiger partial charge in [0.15, 0.2) is 11.5 Å². The van der Waals surface area contributed by atoms with E-state index in [0.29, 0.717) is 25.0 Å². The highest BCUT2D eigenvalue weighted by Gasteiger charge is 2.20. The summed E-state index contributed by atoms with van der Waals surface area (Å²) in [5, 5.41) is 1.07. The Kier molecular flexibility index (Phi) is 6.30. The summed E-state index contributed by atoms with van der Waals surface area (Å²) in [4.78, 5) is 7.13. The van der Waals surface area contributed by atoms with Gasteiger partial charge in [-0.2, -0.15) is 0 Å². The van der Waals surface area contributed by atoms with Gasteiger partial charge in [-0.1, -0.05) is 18.2 Å². The van der Waals surface area contributed by atoms with E-state index in [9.17, 15) is 0 Å². The molecule has 1 aromatic heterocycles. The zero-order valence-electron chi connectivity index (χ0n) is 18.6. The molecule has 3 heterocycles. The van der Waals surface area contributed by atoms with Gasteiger partial charge in [-0.3, -0.25) is 0 Å². The monoisotopic (exact) mass is 434 g/mol. The smallest absolute Gasteiger partial charge is 0.213 e. The average molecular weight is 435 g/mol. The first kappa shape index (κ1) is 20.9. The van der Waals surface area contributed by atoms with Crippen LogP contribution < -0.4 is 18.9 Å². The van der Waals surface area contributed by atoms with Gasteiger partial charge in [0.2, 0.25) is 5.88 Å². The van der Waals surface area contributed by atoms with E-state index in [0.717, 1.165) is 73.7 Å². The molecule has 6 heteroatoms. The molecule has 0 N–H and O–H groups in total. The minimum atomic E-state index is 0.571. The Balaban J connectivity index is 1.10. The second-order valence-electron chi connectivity index (χ2n) is 8.51. The summed E-state index contributed by atoms with van der Waals surface area (Å²) in [6, 6.07) is 16.3. The molecule has 6 nitrogen and oxygen atoms in total. The normalized spacial score (nSPS) is 16.8. The predicted octanol–water partition coefficient (Wildman–Crippen LogP) is 4.35. The number of aromatic nitrogens is 1. The van der Waals surface area contributed by atoms with E-state index >= 15 is 0 Å². The van der Waals surface area contributed by atoms with Crippen LogP contribution in [0.3, 0.4) is 0 Å². The highest BCUT2D eigenvalue weighted by Crippen LogP contribution is 2.31. The van der Waals surface area contributed by atoms with Gasteiger partial charge >= 0.3 is 0 Å². The predicted molar refractivity (Wildman–Crippen MR) is 124 cm³/mol. The second kappa shape index (κ2) is 9.65. The number of likely N-dealkylation sites (tertiary alicyclic amines) is 1. The van der Waals surface area contributed by atoms with Crippen molar-refractivity contribution < 1.29 is 18.9 Å². The minimum absolute atomic E-state index is 0.571. The van der Waals surface area contributed by atoms with Gasteiger partial charge in [-0.15, -0.1) is 0 Å². The number of ether oxygens (including phenoxy) is 4. The molecule has 2 aromatic carbocycles. The molecule has 0 atom stereocenters. The lowest BCUT2D eigenvalue weighted by Crippen LogP contribution is -2.36. The molecule has 0 radical (unpaired) electrons. The lowest BCUT2D eigenvalue weighted by molar-refractivity contribution is 0.143. The summed E-state index contributed by atoms with van der Waals surface area (Å²) < 4.78 is 22.8. The Labute approximate surface area is 189 Å². The molecular weight excluding hydrogens is 404 g/mol. The van der Waals surface area contributed by atoms with Gasteiger partial charge in [0.25, 0.3) is 0 Å². The largest absolute Gasteiger partial charge is 0.491 e. The van der Waals surface area contributed by atoms with Crippen LogP contribution in [0.15, 0.2) is 48.5 Å². The van der Waals surface area contributed by atoms with Gasteiger partial charge in [-0.05, 0) is 68.1 Å². The number of piperidine rings is 1. The van der Waals surface area contributed by atoms with Crippen molar-refractivity contribution in [3.8, 4) is 23.1 Å². The van der Waals surface area contributed by atoms with Crippen molar-refractivity contribution in [3.05, 3.63) is 54.1 Å². The highest BCUT2D eigenvalue weighted by atomic mass is 16.6. The van der Waals surface area contributed by atoms with Crippen LogP contribution >= 0.6 is 0 Å². The third kappa shape index (κ3) is 4.75. The standard InChI is InChI=1S/C26H30N2O4/c1-29-25-8-6-21-3-2-4-23(26(21)27-25)32-18-20-10-13-28(14-11-20)12-9-19-5-7-22-24(17-19)31-16-15-30-22/h2-8,17,20H,9-16,18H2,1H3. The van der Waals surface area contributed by atoms with Crippen molar-refractivity contribution in [1.82, 2.24) is 9.88 Å².